The number of aliphatic hydroxyl groups is 1. The molecule has 1 atom stereocenters. The van der Waals surface area contributed by atoms with E-state index in [1.165, 1.54) is 7.11 Å². The lowest BCUT2D eigenvalue weighted by Gasteiger charge is -2.26. The maximum Gasteiger partial charge on any atom is 0.239 e. The number of nitrogens with one attached hydrogen (secondary N) is 2. The van der Waals surface area contributed by atoms with Crippen LogP contribution < -0.4 is 10.6 Å². The molecule has 6 heteroatoms. The summed E-state index contributed by atoms with van der Waals surface area (Å²) in [4.78, 5) is 12.2. The Morgan fingerprint density at radius 2 is 1.92 bits per heavy atom. The summed E-state index contributed by atoms with van der Waals surface area (Å²) in [6, 6.07) is 6.98. The monoisotopic (exact) mass is 334 g/mol. The van der Waals surface area contributed by atoms with E-state index in [0.29, 0.717) is 13.2 Å². The molecule has 0 fully saturated rings. The molecule has 0 aliphatic rings. The Bertz CT molecular complexity index is 567. The smallest absolute Gasteiger partial charge is 0.239 e. The maximum absolute atomic E-state index is 12.2. The van der Waals surface area contributed by atoms with Crippen LogP contribution in [0.2, 0.25) is 0 Å². The molecule has 24 heavy (non-hydrogen) atoms. The van der Waals surface area contributed by atoms with Gasteiger partial charge in [0.1, 0.15) is 18.4 Å². The molecular weight excluding hydrogens is 308 g/mol. The van der Waals surface area contributed by atoms with Crippen LogP contribution in [0.5, 0.6) is 0 Å². The number of methoxy groups -OCH3 is 2. The highest BCUT2D eigenvalue weighted by atomic mass is 16.5. The van der Waals surface area contributed by atoms with Crippen LogP contribution in [-0.2, 0) is 20.8 Å². The van der Waals surface area contributed by atoms with Crippen molar-refractivity contribution in [1.29, 1.82) is 0 Å². The fraction of sp³-hybridized carbons (Fsp3) is 0.500. The molecule has 0 radical (unpaired) electrons. The fourth-order valence-electron chi connectivity index (χ4n) is 2.00. The van der Waals surface area contributed by atoms with Crippen LogP contribution in [0, 0.1) is 11.8 Å². The summed E-state index contributed by atoms with van der Waals surface area (Å²) in [6.07, 6.45) is 0. The van der Waals surface area contributed by atoms with Gasteiger partial charge in [0.25, 0.3) is 0 Å². The van der Waals surface area contributed by atoms with Crippen LogP contribution in [0.15, 0.2) is 24.3 Å². The molecule has 0 bridgehead atoms. The lowest BCUT2D eigenvalue weighted by atomic mass is 10.1. The first-order valence-electron chi connectivity index (χ1n) is 7.69. The molecule has 0 heterocycles. The van der Waals surface area contributed by atoms with Crippen LogP contribution in [0.1, 0.15) is 25.0 Å². The number of hydrogen-bond acceptors (Lipinski definition) is 5. The first-order chi connectivity index (χ1) is 11.4. The second-order valence-electron chi connectivity index (χ2n) is 5.86. The molecule has 1 aromatic rings. The molecule has 0 aromatic heterocycles. The highest BCUT2D eigenvalue weighted by molar-refractivity contribution is 5.81. The van der Waals surface area contributed by atoms with Gasteiger partial charge in [-0.15, -0.1) is 0 Å². The van der Waals surface area contributed by atoms with E-state index in [9.17, 15) is 9.90 Å². The summed E-state index contributed by atoms with van der Waals surface area (Å²) in [6.45, 7) is 4.10. The van der Waals surface area contributed by atoms with Gasteiger partial charge < -0.3 is 19.9 Å². The van der Waals surface area contributed by atoms with Gasteiger partial charge in [0.15, 0.2) is 0 Å². The van der Waals surface area contributed by atoms with Crippen LogP contribution in [-0.4, -0.2) is 50.2 Å². The van der Waals surface area contributed by atoms with E-state index < -0.39 is 11.8 Å². The van der Waals surface area contributed by atoms with Gasteiger partial charge >= 0.3 is 0 Å². The third-order valence-electron chi connectivity index (χ3n) is 3.05. The van der Waals surface area contributed by atoms with Gasteiger partial charge in [0, 0.05) is 26.3 Å². The number of hydrogen-bond donors (Lipinski definition) is 3. The first-order valence-corrected chi connectivity index (χ1v) is 7.69. The van der Waals surface area contributed by atoms with E-state index in [2.05, 4.69) is 22.5 Å². The standard InChI is InChI=1S/C18H26N2O4/c1-18(2,22)20-16(13-24-4)17(21)19-12-15-9-7-14(8-10-15)6-5-11-23-3/h7-10,16,20,22H,11-13H2,1-4H3,(H,19,21). The Morgan fingerprint density at radius 1 is 1.25 bits per heavy atom. The van der Waals surface area contributed by atoms with Crippen molar-refractivity contribution in [3.8, 4) is 11.8 Å². The van der Waals surface area contributed by atoms with Crippen LogP contribution in [0.25, 0.3) is 0 Å². The fourth-order valence-corrected chi connectivity index (χ4v) is 2.00. The molecule has 1 unspecified atom stereocenters. The number of amides is 1. The van der Waals surface area contributed by atoms with Gasteiger partial charge in [-0.2, -0.15) is 0 Å². The van der Waals surface area contributed by atoms with E-state index >= 15 is 0 Å². The molecule has 0 aliphatic heterocycles. The van der Waals surface area contributed by atoms with Gasteiger partial charge in [-0.05, 0) is 31.5 Å². The third kappa shape index (κ3) is 8.09. The zero-order valence-electron chi connectivity index (χ0n) is 14.7. The van der Waals surface area contributed by atoms with Crippen molar-refractivity contribution in [3.05, 3.63) is 35.4 Å². The third-order valence-corrected chi connectivity index (χ3v) is 3.05. The molecule has 1 rings (SSSR count). The lowest BCUT2D eigenvalue weighted by Crippen LogP contribution is -2.54. The van der Waals surface area contributed by atoms with Crippen LogP contribution in [0.3, 0.4) is 0 Å². The Balaban J connectivity index is 2.57. The lowest BCUT2D eigenvalue weighted by molar-refractivity contribution is -0.127. The minimum Gasteiger partial charge on any atom is -0.383 e. The topological polar surface area (TPSA) is 79.8 Å². The van der Waals surface area contributed by atoms with Crippen molar-refractivity contribution in [3.63, 3.8) is 0 Å². The van der Waals surface area contributed by atoms with E-state index in [-0.39, 0.29) is 12.5 Å². The van der Waals surface area contributed by atoms with Gasteiger partial charge in [-0.25, -0.2) is 0 Å². The quantitative estimate of drug-likeness (QED) is 0.480. The highest BCUT2D eigenvalue weighted by Gasteiger charge is 2.24. The van der Waals surface area contributed by atoms with Gasteiger partial charge in [-0.1, -0.05) is 24.0 Å². The molecule has 132 valence electrons. The minimum absolute atomic E-state index is 0.170. The number of carbonyl (C=O) groups excluding carboxylic acids is 1. The molecular formula is C18H26N2O4. The summed E-state index contributed by atoms with van der Waals surface area (Å²) >= 11 is 0. The second kappa shape index (κ2) is 10.1. The van der Waals surface area contributed by atoms with E-state index in [0.717, 1.165) is 11.1 Å². The maximum atomic E-state index is 12.2. The SMILES string of the molecule is COCC#Cc1ccc(CNC(=O)C(COC)NC(C)(C)O)cc1. The molecule has 0 spiro atoms. The predicted molar refractivity (Wildman–Crippen MR) is 92.1 cm³/mol. The number of carbonyl (C=O) groups is 1. The number of ether oxygens (including phenoxy) is 2. The van der Waals surface area contributed by atoms with E-state index in [4.69, 9.17) is 9.47 Å². The predicted octanol–water partition coefficient (Wildman–Crippen LogP) is 0.634. The molecule has 0 saturated heterocycles. The number of rotatable bonds is 8. The van der Waals surface area contributed by atoms with Crippen molar-refractivity contribution < 1.29 is 19.4 Å². The molecule has 1 amide bonds. The van der Waals surface area contributed by atoms with Crippen molar-refractivity contribution in [2.24, 2.45) is 0 Å². The largest absolute Gasteiger partial charge is 0.383 e. The Kier molecular flexibility index (Phi) is 8.44. The Morgan fingerprint density at radius 3 is 2.46 bits per heavy atom. The van der Waals surface area contributed by atoms with Gasteiger partial charge in [0.2, 0.25) is 5.91 Å². The molecule has 0 aliphatic carbocycles. The number of benzene rings is 1. The Labute approximate surface area is 143 Å². The van der Waals surface area contributed by atoms with Crippen molar-refractivity contribution >= 4 is 5.91 Å². The summed E-state index contributed by atoms with van der Waals surface area (Å²) in [5.41, 5.74) is 0.687. The van der Waals surface area contributed by atoms with Crippen molar-refractivity contribution in [2.75, 3.05) is 27.4 Å². The summed E-state index contributed by atoms with van der Waals surface area (Å²) < 4.78 is 9.90. The van der Waals surface area contributed by atoms with Gasteiger partial charge in [0.05, 0.1) is 6.61 Å². The average molecular weight is 334 g/mol. The van der Waals surface area contributed by atoms with Crippen molar-refractivity contribution in [1.82, 2.24) is 10.6 Å². The Hall–Kier alpha value is -1.91. The molecule has 0 saturated carbocycles. The first kappa shape index (κ1) is 20.1. The second-order valence-corrected chi connectivity index (χ2v) is 5.86. The van der Waals surface area contributed by atoms with Crippen LogP contribution in [0.4, 0.5) is 0 Å². The van der Waals surface area contributed by atoms with E-state index in [1.807, 2.05) is 24.3 Å². The van der Waals surface area contributed by atoms with Crippen molar-refractivity contribution in [2.45, 2.75) is 32.2 Å². The average Bonchev–Trinajstić information content (AvgIpc) is 2.52. The molecule has 1 aromatic carbocycles. The molecule has 3 N–H and O–H groups in total. The summed E-state index contributed by atoms with van der Waals surface area (Å²) in [7, 11) is 3.11. The normalized spacial score (nSPS) is 12.2. The van der Waals surface area contributed by atoms with Crippen LogP contribution >= 0.6 is 0 Å². The minimum atomic E-state index is -1.16. The van der Waals surface area contributed by atoms with E-state index in [1.54, 1.807) is 21.0 Å². The zero-order chi connectivity index (χ0) is 18.0. The summed E-state index contributed by atoms with van der Waals surface area (Å²) in [5.74, 6) is 5.63. The van der Waals surface area contributed by atoms with Gasteiger partial charge in [-0.3, -0.25) is 10.1 Å². The summed E-state index contributed by atoms with van der Waals surface area (Å²) in [5, 5.41) is 15.4. The molecule has 6 nitrogen and oxygen atoms in total. The highest BCUT2D eigenvalue weighted by Crippen LogP contribution is 2.04. The zero-order valence-corrected chi connectivity index (χ0v) is 14.7.